The summed E-state index contributed by atoms with van der Waals surface area (Å²) in [5.41, 5.74) is 5.38. The standard InChI is InChI=1S/C16H32O4.C11H26N2/c1-3-5-7-9-11-18-13-16(20-15-17)14-19-12-10-8-6-4-2;1-2-3-4-5-6-7-10-13-11-8-9-12/h15-16H,3-14H2,1-2H3;13H,2-12H2,1H3. The third kappa shape index (κ3) is 33.6. The van der Waals surface area contributed by atoms with Crippen LogP contribution in [-0.4, -0.2) is 58.6 Å². The smallest absolute Gasteiger partial charge is 0.293 e. The Bertz CT molecular complexity index is 320. The molecule has 0 saturated heterocycles. The lowest BCUT2D eigenvalue weighted by atomic mass is 10.1. The Hall–Kier alpha value is -0.690. The Labute approximate surface area is 206 Å². The van der Waals surface area contributed by atoms with Crippen LogP contribution in [-0.2, 0) is 19.0 Å². The maximum absolute atomic E-state index is 10.4. The van der Waals surface area contributed by atoms with E-state index >= 15 is 0 Å². The van der Waals surface area contributed by atoms with Gasteiger partial charge in [-0.25, -0.2) is 0 Å². The van der Waals surface area contributed by atoms with Crippen LogP contribution < -0.4 is 11.1 Å². The minimum atomic E-state index is -0.273. The number of unbranched alkanes of at least 4 members (excludes halogenated alkanes) is 11. The van der Waals surface area contributed by atoms with Crippen LogP contribution in [0.1, 0.15) is 117 Å². The quantitative estimate of drug-likeness (QED) is 0.118. The van der Waals surface area contributed by atoms with Gasteiger partial charge in [-0.15, -0.1) is 0 Å². The maximum Gasteiger partial charge on any atom is 0.293 e. The largest absolute Gasteiger partial charge is 0.460 e. The van der Waals surface area contributed by atoms with Crippen molar-refractivity contribution in [2.24, 2.45) is 5.73 Å². The van der Waals surface area contributed by atoms with Crippen LogP contribution in [0.25, 0.3) is 0 Å². The molecule has 0 aliphatic rings. The minimum Gasteiger partial charge on any atom is -0.460 e. The van der Waals surface area contributed by atoms with Gasteiger partial charge in [-0.3, -0.25) is 4.79 Å². The van der Waals surface area contributed by atoms with Crippen LogP contribution in [0.4, 0.5) is 0 Å². The SMILES string of the molecule is CCCCCCCCNCCCN.CCCCCCOCC(COCCCCCC)OC=O. The van der Waals surface area contributed by atoms with Gasteiger partial charge in [0.05, 0.1) is 13.2 Å². The normalized spacial score (nSPS) is 10.8. The molecule has 0 spiro atoms. The van der Waals surface area contributed by atoms with Crippen LogP contribution in [0, 0.1) is 0 Å². The van der Waals surface area contributed by atoms with Gasteiger partial charge in [0.15, 0.2) is 0 Å². The van der Waals surface area contributed by atoms with E-state index in [0.29, 0.717) is 19.7 Å². The number of nitrogens with two attached hydrogens (primary N) is 1. The molecule has 6 heteroatoms. The molecule has 0 bridgehead atoms. The summed E-state index contributed by atoms with van der Waals surface area (Å²) in [4.78, 5) is 10.4. The first-order chi connectivity index (χ1) is 16.3. The van der Waals surface area contributed by atoms with E-state index in [1.54, 1.807) is 0 Å². The minimum absolute atomic E-state index is 0.273. The number of carbonyl (C=O) groups excluding carboxylic acids is 1. The molecular weight excluding hydrogens is 416 g/mol. The van der Waals surface area contributed by atoms with Gasteiger partial charge in [-0.05, 0) is 45.3 Å². The van der Waals surface area contributed by atoms with Crippen molar-refractivity contribution in [2.45, 2.75) is 123 Å². The van der Waals surface area contributed by atoms with Crippen LogP contribution in [0.3, 0.4) is 0 Å². The summed E-state index contributed by atoms with van der Waals surface area (Å²) in [6.45, 7) is 12.5. The van der Waals surface area contributed by atoms with E-state index in [1.807, 2.05) is 0 Å². The van der Waals surface area contributed by atoms with Crippen molar-refractivity contribution in [3.63, 3.8) is 0 Å². The van der Waals surface area contributed by atoms with Gasteiger partial charge in [0.2, 0.25) is 0 Å². The van der Waals surface area contributed by atoms with E-state index in [-0.39, 0.29) is 6.10 Å². The van der Waals surface area contributed by atoms with Gasteiger partial charge in [-0.1, -0.05) is 91.4 Å². The maximum atomic E-state index is 10.4. The average Bonchev–Trinajstić information content (AvgIpc) is 2.83. The van der Waals surface area contributed by atoms with Gasteiger partial charge >= 0.3 is 0 Å². The van der Waals surface area contributed by atoms with Crippen molar-refractivity contribution in [3.8, 4) is 0 Å². The average molecular weight is 475 g/mol. The Morgan fingerprint density at radius 3 is 1.61 bits per heavy atom. The monoisotopic (exact) mass is 474 g/mol. The number of hydrogen-bond acceptors (Lipinski definition) is 6. The third-order valence-corrected chi connectivity index (χ3v) is 5.40. The molecule has 200 valence electrons. The first kappa shape index (κ1) is 34.5. The Morgan fingerprint density at radius 2 is 1.12 bits per heavy atom. The predicted octanol–water partition coefficient (Wildman–Crippen LogP) is 6.01. The summed E-state index contributed by atoms with van der Waals surface area (Å²) in [7, 11) is 0. The van der Waals surface area contributed by atoms with Gasteiger partial charge in [0.25, 0.3) is 6.47 Å². The van der Waals surface area contributed by atoms with Crippen molar-refractivity contribution in [2.75, 3.05) is 46.1 Å². The lowest BCUT2D eigenvalue weighted by Crippen LogP contribution is -2.25. The molecule has 0 aliphatic carbocycles. The number of rotatable bonds is 26. The zero-order valence-corrected chi connectivity index (χ0v) is 22.4. The second-order valence-electron chi connectivity index (χ2n) is 8.79. The van der Waals surface area contributed by atoms with Gasteiger partial charge in [0, 0.05) is 13.2 Å². The van der Waals surface area contributed by atoms with Crippen molar-refractivity contribution in [1.29, 1.82) is 0 Å². The molecule has 0 rings (SSSR count). The molecule has 0 aromatic rings. The van der Waals surface area contributed by atoms with E-state index in [4.69, 9.17) is 19.9 Å². The molecular formula is C27H58N2O4. The second-order valence-corrected chi connectivity index (χ2v) is 8.79. The fraction of sp³-hybridized carbons (Fsp3) is 0.963. The summed E-state index contributed by atoms with van der Waals surface area (Å²) in [5, 5.41) is 3.40. The van der Waals surface area contributed by atoms with Crippen molar-refractivity contribution in [3.05, 3.63) is 0 Å². The Balaban J connectivity index is 0. The molecule has 0 fully saturated rings. The third-order valence-electron chi connectivity index (χ3n) is 5.40. The van der Waals surface area contributed by atoms with E-state index in [9.17, 15) is 4.79 Å². The Morgan fingerprint density at radius 1 is 0.667 bits per heavy atom. The number of nitrogens with one attached hydrogen (secondary N) is 1. The molecule has 0 aliphatic heterocycles. The summed E-state index contributed by atoms with van der Waals surface area (Å²) in [6, 6.07) is 0. The number of hydrogen-bond donors (Lipinski definition) is 2. The van der Waals surface area contributed by atoms with Crippen molar-refractivity contribution >= 4 is 6.47 Å². The van der Waals surface area contributed by atoms with Crippen LogP contribution in [0.2, 0.25) is 0 Å². The number of carbonyl (C=O) groups is 1. The molecule has 3 N–H and O–H groups in total. The Kier molecular flexibility index (Phi) is 35.0. The molecule has 0 atom stereocenters. The molecule has 0 amide bonds. The molecule has 0 unspecified atom stereocenters. The van der Waals surface area contributed by atoms with Crippen LogP contribution >= 0.6 is 0 Å². The summed E-state index contributed by atoms with van der Waals surface area (Å²) < 4.78 is 16.0. The van der Waals surface area contributed by atoms with Gasteiger partial charge < -0.3 is 25.3 Å². The van der Waals surface area contributed by atoms with E-state index < -0.39 is 0 Å². The summed E-state index contributed by atoms with van der Waals surface area (Å²) in [5.74, 6) is 0. The summed E-state index contributed by atoms with van der Waals surface area (Å²) in [6.07, 6.45) is 18.6. The molecule has 0 radical (unpaired) electrons. The molecule has 0 saturated carbocycles. The van der Waals surface area contributed by atoms with Crippen LogP contribution in [0.15, 0.2) is 0 Å². The number of ether oxygens (including phenoxy) is 3. The zero-order valence-electron chi connectivity index (χ0n) is 22.4. The van der Waals surface area contributed by atoms with Gasteiger partial charge in [-0.2, -0.15) is 0 Å². The molecule has 0 aromatic carbocycles. The molecule has 6 nitrogen and oxygen atoms in total. The lowest BCUT2D eigenvalue weighted by molar-refractivity contribution is -0.140. The second kappa shape index (κ2) is 33.5. The predicted molar refractivity (Wildman–Crippen MR) is 141 cm³/mol. The highest BCUT2D eigenvalue weighted by Gasteiger charge is 2.09. The first-order valence-electron chi connectivity index (χ1n) is 13.9. The highest BCUT2D eigenvalue weighted by atomic mass is 16.6. The van der Waals surface area contributed by atoms with E-state index in [0.717, 1.165) is 45.6 Å². The molecule has 0 aromatic heterocycles. The van der Waals surface area contributed by atoms with Crippen molar-refractivity contribution in [1.82, 2.24) is 5.32 Å². The molecule has 0 heterocycles. The highest BCUT2D eigenvalue weighted by Crippen LogP contribution is 2.04. The zero-order chi connectivity index (χ0) is 24.7. The van der Waals surface area contributed by atoms with Crippen molar-refractivity contribution < 1.29 is 19.0 Å². The molecule has 33 heavy (non-hydrogen) atoms. The van der Waals surface area contributed by atoms with E-state index in [1.165, 1.54) is 83.6 Å². The highest BCUT2D eigenvalue weighted by molar-refractivity contribution is 5.37. The van der Waals surface area contributed by atoms with E-state index in [2.05, 4.69) is 26.1 Å². The topological polar surface area (TPSA) is 82.8 Å². The summed E-state index contributed by atoms with van der Waals surface area (Å²) >= 11 is 0. The fourth-order valence-corrected chi connectivity index (χ4v) is 3.28. The fourth-order valence-electron chi connectivity index (χ4n) is 3.28. The lowest BCUT2D eigenvalue weighted by Gasteiger charge is -2.15. The first-order valence-corrected chi connectivity index (χ1v) is 13.9. The van der Waals surface area contributed by atoms with Gasteiger partial charge in [0.1, 0.15) is 6.10 Å². The van der Waals surface area contributed by atoms with Crippen LogP contribution in [0.5, 0.6) is 0 Å².